The van der Waals surface area contributed by atoms with Gasteiger partial charge in [0.25, 0.3) is 0 Å². The number of hydrogen-bond donors (Lipinski definition) is 1. The van der Waals surface area contributed by atoms with Gasteiger partial charge >= 0.3 is 0 Å². The van der Waals surface area contributed by atoms with Crippen molar-refractivity contribution < 1.29 is 4.79 Å². The summed E-state index contributed by atoms with van der Waals surface area (Å²) in [6.45, 7) is 0.646. The monoisotopic (exact) mass is 289 g/mol. The molecule has 0 radical (unpaired) electrons. The molecule has 3 fully saturated rings. The summed E-state index contributed by atoms with van der Waals surface area (Å²) >= 11 is 5.77. The first-order valence-electron chi connectivity index (χ1n) is 7.69. The summed E-state index contributed by atoms with van der Waals surface area (Å²) in [4.78, 5) is 12.3. The third-order valence-electron chi connectivity index (χ3n) is 5.68. The van der Waals surface area contributed by atoms with Crippen LogP contribution in [0.2, 0.25) is 0 Å². The van der Waals surface area contributed by atoms with E-state index < -0.39 is 0 Å². The van der Waals surface area contributed by atoms with Gasteiger partial charge < -0.3 is 5.32 Å². The minimum absolute atomic E-state index is 0.290. The zero-order chi connectivity index (χ0) is 13.7. The van der Waals surface area contributed by atoms with E-state index in [1.165, 1.54) is 19.3 Å². The fourth-order valence-corrected chi connectivity index (χ4v) is 4.91. The molecule has 4 unspecified atom stereocenters. The van der Waals surface area contributed by atoms with Crippen molar-refractivity contribution in [2.75, 3.05) is 0 Å². The molecule has 1 aromatic carbocycles. The summed E-state index contributed by atoms with van der Waals surface area (Å²) in [5, 5.41) is 3.12. The first-order chi connectivity index (χ1) is 9.78. The standard InChI is InChI=1S/C17H20ClNO/c18-8-10-1-3-11(4-2-10)9-19-17(20)16-14-12-5-6-13(7-12)15(14)16/h1-4,12-16H,5-9H2,(H,19,20). The summed E-state index contributed by atoms with van der Waals surface area (Å²) in [6.07, 6.45) is 4.14. The van der Waals surface area contributed by atoms with Crippen molar-refractivity contribution >= 4 is 17.5 Å². The zero-order valence-electron chi connectivity index (χ0n) is 11.5. The molecule has 2 nitrogen and oxygen atoms in total. The third kappa shape index (κ3) is 1.96. The maximum absolute atomic E-state index is 12.3. The van der Waals surface area contributed by atoms with Crippen molar-refractivity contribution in [3.05, 3.63) is 35.4 Å². The number of alkyl halides is 1. The Morgan fingerprint density at radius 3 is 2.30 bits per heavy atom. The molecule has 0 aromatic heterocycles. The highest BCUT2D eigenvalue weighted by Crippen LogP contribution is 2.69. The summed E-state index contributed by atoms with van der Waals surface area (Å²) in [6, 6.07) is 8.16. The molecule has 3 aliphatic carbocycles. The molecule has 4 rings (SSSR count). The van der Waals surface area contributed by atoms with Gasteiger partial charge in [0.05, 0.1) is 0 Å². The number of carbonyl (C=O) groups is 1. The number of benzene rings is 1. The van der Waals surface area contributed by atoms with Crippen LogP contribution >= 0.6 is 11.6 Å². The Balaban J connectivity index is 1.33. The molecule has 4 atom stereocenters. The normalized spacial score (nSPS) is 36.8. The van der Waals surface area contributed by atoms with Crippen LogP contribution in [0.5, 0.6) is 0 Å². The van der Waals surface area contributed by atoms with Crippen LogP contribution in [0.25, 0.3) is 0 Å². The Bertz CT molecular complexity index is 510. The van der Waals surface area contributed by atoms with Crippen molar-refractivity contribution in [1.82, 2.24) is 5.32 Å². The fraction of sp³-hybridized carbons (Fsp3) is 0.588. The molecule has 1 amide bonds. The minimum Gasteiger partial charge on any atom is -0.352 e. The molecule has 1 aromatic rings. The topological polar surface area (TPSA) is 29.1 Å². The van der Waals surface area contributed by atoms with Gasteiger partial charge in [-0.2, -0.15) is 0 Å². The van der Waals surface area contributed by atoms with Gasteiger partial charge in [-0.05, 0) is 54.1 Å². The van der Waals surface area contributed by atoms with Gasteiger partial charge in [-0.25, -0.2) is 0 Å². The number of hydrogen-bond acceptors (Lipinski definition) is 1. The maximum atomic E-state index is 12.3. The average Bonchev–Trinajstić information content (AvgIpc) is 2.93. The van der Waals surface area contributed by atoms with E-state index in [2.05, 4.69) is 17.4 Å². The molecule has 3 heteroatoms. The van der Waals surface area contributed by atoms with Crippen LogP contribution in [0.1, 0.15) is 30.4 Å². The molecule has 3 saturated carbocycles. The number of halogens is 1. The number of rotatable bonds is 4. The number of amides is 1. The first kappa shape index (κ1) is 12.7. The lowest BCUT2D eigenvalue weighted by molar-refractivity contribution is -0.123. The predicted molar refractivity (Wildman–Crippen MR) is 79.1 cm³/mol. The molecule has 0 heterocycles. The van der Waals surface area contributed by atoms with E-state index in [-0.39, 0.29) is 5.91 Å². The van der Waals surface area contributed by atoms with Crippen LogP contribution in [0.3, 0.4) is 0 Å². The van der Waals surface area contributed by atoms with E-state index in [1.54, 1.807) is 0 Å². The molecule has 0 saturated heterocycles. The van der Waals surface area contributed by atoms with Crippen LogP contribution in [0, 0.1) is 29.6 Å². The van der Waals surface area contributed by atoms with Crippen molar-refractivity contribution in [3.8, 4) is 0 Å². The number of fused-ring (bicyclic) bond motifs is 5. The number of carbonyl (C=O) groups excluding carboxylic acids is 1. The van der Waals surface area contributed by atoms with Crippen molar-refractivity contribution in [3.63, 3.8) is 0 Å². The Morgan fingerprint density at radius 2 is 1.70 bits per heavy atom. The van der Waals surface area contributed by atoms with E-state index in [4.69, 9.17) is 11.6 Å². The summed E-state index contributed by atoms with van der Waals surface area (Å²) in [7, 11) is 0. The van der Waals surface area contributed by atoms with Crippen molar-refractivity contribution in [2.45, 2.75) is 31.7 Å². The second kappa shape index (κ2) is 4.77. The second-order valence-electron chi connectivity index (χ2n) is 6.68. The lowest BCUT2D eigenvalue weighted by atomic mass is 10.0. The van der Waals surface area contributed by atoms with Gasteiger partial charge in [0.15, 0.2) is 0 Å². The Kier molecular flexibility index (Phi) is 3.03. The molecule has 0 aliphatic heterocycles. The van der Waals surface area contributed by atoms with Gasteiger partial charge in [0, 0.05) is 18.3 Å². The first-order valence-corrected chi connectivity index (χ1v) is 8.23. The Morgan fingerprint density at radius 1 is 1.10 bits per heavy atom. The molecule has 3 aliphatic rings. The van der Waals surface area contributed by atoms with Crippen LogP contribution in [0.15, 0.2) is 24.3 Å². The smallest absolute Gasteiger partial charge is 0.223 e. The number of nitrogens with one attached hydrogen (secondary N) is 1. The largest absolute Gasteiger partial charge is 0.352 e. The quantitative estimate of drug-likeness (QED) is 0.847. The average molecular weight is 290 g/mol. The lowest BCUT2D eigenvalue weighted by Gasteiger charge is -2.10. The minimum atomic E-state index is 0.290. The van der Waals surface area contributed by atoms with E-state index in [0.29, 0.717) is 18.3 Å². The molecule has 106 valence electrons. The van der Waals surface area contributed by atoms with E-state index in [1.807, 2.05) is 12.1 Å². The maximum Gasteiger partial charge on any atom is 0.223 e. The summed E-state index contributed by atoms with van der Waals surface area (Å²) < 4.78 is 0. The highest BCUT2D eigenvalue weighted by molar-refractivity contribution is 6.17. The fourth-order valence-electron chi connectivity index (χ4n) is 4.73. The van der Waals surface area contributed by atoms with E-state index in [9.17, 15) is 4.79 Å². The SMILES string of the molecule is O=C(NCc1ccc(CCl)cc1)C1C2C3CCC(C3)C12. The molecular formula is C17H20ClNO. The highest BCUT2D eigenvalue weighted by atomic mass is 35.5. The summed E-state index contributed by atoms with van der Waals surface area (Å²) in [5.74, 6) is 4.36. The van der Waals surface area contributed by atoms with Gasteiger partial charge in [-0.3, -0.25) is 4.79 Å². The second-order valence-corrected chi connectivity index (χ2v) is 6.95. The third-order valence-corrected chi connectivity index (χ3v) is 5.99. The zero-order valence-corrected chi connectivity index (χ0v) is 12.3. The molecule has 1 N–H and O–H groups in total. The van der Waals surface area contributed by atoms with Crippen LogP contribution in [0.4, 0.5) is 0 Å². The van der Waals surface area contributed by atoms with E-state index in [0.717, 1.165) is 34.8 Å². The van der Waals surface area contributed by atoms with Gasteiger partial charge in [-0.15, -0.1) is 11.6 Å². The van der Waals surface area contributed by atoms with Crippen molar-refractivity contribution in [1.29, 1.82) is 0 Å². The highest BCUT2D eigenvalue weighted by Gasteiger charge is 2.67. The molecular weight excluding hydrogens is 270 g/mol. The molecule has 0 spiro atoms. The van der Waals surface area contributed by atoms with Crippen LogP contribution in [-0.4, -0.2) is 5.91 Å². The van der Waals surface area contributed by atoms with Gasteiger partial charge in [-0.1, -0.05) is 24.3 Å². The van der Waals surface area contributed by atoms with Gasteiger partial charge in [0.2, 0.25) is 5.91 Å². The van der Waals surface area contributed by atoms with Gasteiger partial charge in [0.1, 0.15) is 0 Å². The Labute approximate surface area is 124 Å². The lowest BCUT2D eigenvalue weighted by Crippen LogP contribution is -2.27. The van der Waals surface area contributed by atoms with Crippen LogP contribution in [-0.2, 0) is 17.2 Å². The Hall–Kier alpha value is -1.02. The predicted octanol–water partition coefficient (Wildman–Crippen LogP) is 3.33. The van der Waals surface area contributed by atoms with Crippen LogP contribution < -0.4 is 5.32 Å². The molecule has 2 bridgehead atoms. The van der Waals surface area contributed by atoms with Crippen molar-refractivity contribution in [2.24, 2.45) is 29.6 Å². The summed E-state index contributed by atoms with van der Waals surface area (Å²) in [5.41, 5.74) is 2.27. The van der Waals surface area contributed by atoms with E-state index >= 15 is 0 Å². The molecule has 20 heavy (non-hydrogen) atoms.